The van der Waals surface area contributed by atoms with Gasteiger partial charge < -0.3 is 10.2 Å². The summed E-state index contributed by atoms with van der Waals surface area (Å²) in [7, 11) is 0. The van der Waals surface area contributed by atoms with E-state index in [1.807, 2.05) is 30.3 Å². The Hall–Kier alpha value is -1.84. The first-order chi connectivity index (χ1) is 7.75. The van der Waals surface area contributed by atoms with Gasteiger partial charge in [-0.1, -0.05) is 30.3 Å². The molecule has 4 heteroatoms. The molecule has 1 aliphatic rings. The minimum Gasteiger partial charge on any atom is -0.347 e. The van der Waals surface area contributed by atoms with Crippen molar-refractivity contribution in [3.05, 3.63) is 35.9 Å². The summed E-state index contributed by atoms with van der Waals surface area (Å²) >= 11 is 0. The molecule has 0 bridgehead atoms. The maximum atomic E-state index is 11.7. The summed E-state index contributed by atoms with van der Waals surface area (Å²) in [6.07, 6.45) is 0.387. The van der Waals surface area contributed by atoms with Crippen molar-refractivity contribution < 1.29 is 9.59 Å². The second-order valence-electron chi connectivity index (χ2n) is 3.83. The van der Waals surface area contributed by atoms with Crippen molar-refractivity contribution in [3.8, 4) is 0 Å². The van der Waals surface area contributed by atoms with Gasteiger partial charge in [-0.2, -0.15) is 0 Å². The molecule has 2 rings (SSSR count). The third kappa shape index (κ3) is 2.59. The van der Waals surface area contributed by atoms with Crippen molar-refractivity contribution in [1.29, 1.82) is 0 Å². The molecule has 4 nitrogen and oxygen atoms in total. The summed E-state index contributed by atoms with van der Waals surface area (Å²) in [6, 6.07) is 9.79. The molecule has 0 spiro atoms. The van der Waals surface area contributed by atoms with E-state index < -0.39 is 0 Å². The lowest BCUT2D eigenvalue weighted by atomic mass is 10.2. The predicted molar refractivity (Wildman–Crippen MR) is 59.5 cm³/mol. The van der Waals surface area contributed by atoms with Crippen molar-refractivity contribution >= 4 is 11.8 Å². The van der Waals surface area contributed by atoms with Crippen molar-refractivity contribution in [1.82, 2.24) is 10.2 Å². The third-order valence-corrected chi connectivity index (χ3v) is 2.61. The third-order valence-electron chi connectivity index (χ3n) is 2.61. The van der Waals surface area contributed by atoms with Gasteiger partial charge in [-0.15, -0.1) is 0 Å². The fourth-order valence-corrected chi connectivity index (χ4v) is 1.71. The van der Waals surface area contributed by atoms with Gasteiger partial charge in [0, 0.05) is 19.5 Å². The molecule has 16 heavy (non-hydrogen) atoms. The molecule has 1 heterocycles. The smallest absolute Gasteiger partial charge is 0.242 e. The molecule has 0 aromatic heterocycles. The highest BCUT2D eigenvalue weighted by molar-refractivity contribution is 5.87. The molecular formula is C12H14N2O2. The van der Waals surface area contributed by atoms with Gasteiger partial charge in [0.1, 0.15) is 0 Å². The van der Waals surface area contributed by atoms with E-state index in [1.165, 1.54) is 0 Å². The highest BCUT2D eigenvalue weighted by Crippen LogP contribution is 2.06. The second kappa shape index (κ2) is 4.79. The zero-order valence-corrected chi connectivity index (χ0v) is 8.98. The Labute approximate surface area is 94.2 Å². The largest absolute Gasteiger partial charge is 0.347 e. The van der Waals surface area contributed by atoms with Gasteiger partial charge in [0.15, 0.2) is 0 Å². The number of hydrogen-bond donors (Lipinski definition) is 1. The Morgan fingerprint density at radius 3 is 2.69 bits per heavy atom. The lowest BCUT2D eigenvalue weighted by Gasteiger charge is -2.19. The van der Waals surface area contributed by atoms with Crippen LogP contribution >= 0.6 is 0 Å². The first-order valence-corrected chi connectivity index (χ1v) is 5.34. The van der Waals surface area contributed by atoms with E-state index in [1.54, 1.807) is 4.90 Å². The Kier molecular flexibility index (Phi) is 3.19. The molecule has 1 fully saturated rings. The molecular weight excluding hydrogens is 204 g/mol. The number of carbonyl (C=O) groups excluding carboxylic acids is 2. The van der Waals surface area contributed by atoms with Crippen LogP contribution in [0.25, 0.3) is 0 Å². The van der Waals surface area contributed by atoms with Crippen LogP contribution in [0.4, 0.5) is 0 Å². The summed E-state index contributed by atoms with van der Waals surface area (Å²) in [4.78, 5) is 24.5. The van der Waals surface area contributed by atoms with Crippen LogP contribution in [0, 0.1) is 0 Å². The first kappa shape index (κ1) is 10.7. The van der Waals surface area contributed by atoms with Gasteiger partial charge in [0.05, 0.1) is 6.54 Å². The molecule has 1 N–H and O–H groups in total. The number of rotatable bonds is 2. The zero-order chi connectivity index (χ0) is 11.4. The Balaban J connectivity index is 2.03. The minimum atomic E-state index is -0.0519. The van der Waals surface area contributed by atoms with Crippen LogP contribution in [0.15, 0.2) is 30.3 Å². The van der Waals surface area contributed by atoms with Crippen LogP contribution in [-0.2, 0) is 16.1 Å². The van der Waals surface area contributed by atoms with E-state index in [4.69, 9.17) is 0 Å². The van der Waals surface area contributed by atoms with Gasteiger partial charge >= 0.3 is 0 Å². The summed E-state index contributed by atoms with van der Waals surface area (Å²) in [5.74, 6) is -0.0707. The second-order valence-corrected chi connectivity index (χ2v) is 3.83. The van der Waals surface area contributed by atoms with Gasteiger partial charge in [0.2, 0.25) is 11.8 Å². The fraction of sp³-hybridized carbons (Fsp3) is 0.333. The Morgan fingerprint density at radius 1 is 1.19 bits per heavy atom. The Morgan fingerprint density at radius 2 is 1.94 bits per heavy atom. The molecule has 0 radical (unpaired) electrons. The van der Waals surface area contributed by atoms with Crippen molar-refractivity contribution in [2.75, 3.05) is 13.1 Å². The van der Waals surface area contributed by atoms with Crippen molar-refractivity contribution in [2.24, 2.45) is 0 Å². The number of nitrogens with zero attached hydrogens (tertiary/aromatic N) is 1. The van der Waals surface area contributed by atoms with Crippen molar-refractivity contribution in [3.63, 3.8) is 0 Å². The maximum absolute atomic E-state index is 11.7. The minimum absolute atomic E-state index is 0.0188. The van der Waals surface area contributed by atoms with E-state index in [9.17, 15) is 9.59 Å². The standard InChI is InChI=1S/C12H14N2O2/c15-11-6-7-14(12(16)8-13-11)9-10-4-2-1-3-5-10/h1-5H,6-9H2,(H,13,15). The lowest BCUT2D eigenvalue weighted by molar-refractivity contribution is -0.130. The monoisotopic (exact) mass is 218 g/mol. The van der Waals surface area contributed by atoms with Crippen LogP contribution < -0.4 is 5.32 Å². The normalized spacial score (nSPS) is 16.9. The molecule has 1 aliphatic heterocycles. The van der Waals surface area contributed by atoms with Crippen LogP contribution in [-0.4, -0.2) is 29.8 Å². The Bertz CT molecular complexity index is 389. The van der Waals surface area contributed by atoms with Crippen LogP contribution in [0.1, 0.15) is 12.0 Å². The van der Waals surface area contributed by atoms with E-state index in [0.717, 1.165) is 5.56 Å². The summed E-state index contributed by atoms with van der Waals surface area (Å²) < 4.78 is 0. The highest BCUT2D eigenvalue weighted by atomic mass is 16.2. The molecule has 1 aromatic rings. The molecule has 2 amide bonds. The molecule has 0 atom stereocenters. The van der Waals surface area contributed by atoms with Gasteiger partial charge in [-0.05, 0) is 5.56 Å². The summed E-state index contributed by atoms with van der Waals surface area (Å²) in [5, 5.41) is 2.58. The van der Waals surface area contributed by atoms with Gasteiger partial charge in [-0.3, -0.25) is 9.59 Å². The van der Waals surface area contributed by atoms with E-state index in [2.05, 4.69) is 5.32 Å². The topological polar surface area (TPSA) is 49.4 Å². The average Bonchev–Trinajstić information content (AvgIpc) is 2.46. The van der Waals surface area contributed by atoms with Gasteiger partial charge in [0.25, 0.3) is 0 Å². The number of benzene rings is 1. The first-order valence-electron chi connectivity index (χ1n) is 5.34. The van der Waals surface area contributed by atoms with E-state index in [-0.39, 0.29) is 18.4 Å². The molecule has 1 aromatic carbocycles. The average molecular weight is 218 g/mol. The predicted octanol–water partition coefficient (Wildman–Crippen LogP) is 0.535. The zero-order valence-electron chi connectivity index (χ0n) is 8.98. The fourth-order valence-electron chi connectivity index (χ4n) is 1.71. The quantitative estimate of drug-likeness (QED) is 0.787. The number of hydrogen-bond acceptors (Lipinski definition) is 2. The number of nitrogens with one attached hydrogen (secondary N) is 1. The maximum Gasteiger partial charge on any atom is 0.242 e. The SMILES string of the molecule is O=C1CCN(Cc2ccccc2)C(=O)CN1. The summed E-state index contributed by atoms with van der Waals surface area (Å²) in [6.45, 7) is 1.19. The number of carbonyl (C=O) groups is 2. The van der Waals surface area contributed by atoms with Gasteiger partial charge in [-0.25, -0.2) is 0 Å². The number of amides is 2. The molecule has 84 valence electrons. The van der Waals surface area contributed by atoms with Crippen LogP contribution in [0.2, 0.25) is 0 Å². The molecule has 1 saturated heterocycles. The highest BCUT2D eigenvalue weighted by Gasteiger charge is 2.19. The summed E-state index contributed by atoms with van der Waals surface area (Å²) in [5.41, 5.74) is 1.09. The molecule has 0 unspecified atom stereocenters. The molecule has 0 saturated carbocycles. The lowest BCUT2D eigenvalue weighted by Crippen LogP contribution is -2.34. The van der Waals surface area contributed by atoms with Crippen LogP contribution in [0.3, 0.4) is 0 Å². The van der Waals surface area contributed by atoms with Crippen LogP contribution in [0.5, 0.6) is 0 Å². The van der Waals surface area contributed by atoms with E-state index in [0.29, 0.717) is 19.5 Å². The van der Waals surface area contributed by atoms with E-state index >= 15 is 0 Å². The molecule has 0 aliphatic carbocycles. The van der Waals surface area contributed by atoms with Crippen molar-refractivity contribution in [2.45, 2.75) is 13.0 Å².